The highest BCUT2D eigenvalue weighted by Crippen LogP contribution is 2.18. The fourth-order valence-electron chi connectivity index (χ4n) is 1.90. The number of hydrogen-bond donors (Lipinski definition) is 2. The minimum Gasteiger partial charge on any atom is -0.444 e. The third kappa shape index (κ3) is 5.24. The second-order valence-corrected chi connectivity index (χ2v) is 6.11. The summed E-state index contributed by atoms with van der Waals surface area (Å²) >= 11 is 0. The number of benzene rings is 1. The average molecular weight is 318 g/mol. The second kappa shape index (κ2) is 7.08. The van der Waals surface area contributed by atoms with Crippen molar-refractivity contribution in [1.82, 2.24) is 25.5 Å². The summed E-state index contributed by atoms with van der Waals surface area (Å²) in [6, 6.07) is 5.88. The van der Waals surface area contributed by atoms with E-state index in [4.69, 9.17) is 4.74 Å². The van der Waals surface area contributed by atoms with Gasteiger partial charge in [-0.1, -0.05) is 6.07 Å². The maximum Gasteiger partial charge on any atom is 0.407 e. The van der Waals surface area contributed by atoms with Gasteiger partial charge in [-0.25, -0.2) is 9.48 Å². The third-order valence-electron chi connectivity index (χ3n) is 2.94. The van der Waals surface area contributed by atoms with Crippen LogP contribution >= 0.6 is 0 Å². The molecule has 1 heterocycles. The largest absolute Gasteiger partial charge is 0.444 e. The molecule has 8 heteroatoms. The molecule has 1 aromatic carbocycles. The number of alkyl carbamates (subject to hydrolysis) is 1. The molecule has 0 aliphatic heterocycles. The van der Waals surface area contributed by atoms with Gasteiger partial charge in [0.15, 0.2) is 0 Å². The van der Waals surface area contributed by atoms with Gasteiger partial charge in [-0.3, -0.25) is 0 Å². The van der Waals surface area contributed by atoms with Crippen LogP contribution in [0.5, 0.6) is 0 Å². The van der Waals surface area contributed by atoms with Crippen LogP contribution < -0.4 is 10.6 Å². The van der Waals surface area contributed by atoms with Crippen LogP contribution in [0.4, 0.5) is 10.5 Å². The minimum absolute atomic E-state index is 0.418. The summed E-state index contributed by atoms with van der Waals surface area (Å²) in [5, 5.41) is 17.1. The first-order valence-corrected chi connectivity index (χ1v) is 7.40. The number of carbonyl (C=O) groups excluding carboxylic acids is 1. The van der Waals surface area contributed by atoms with E-state index >= 15 is 0 Å². The SMILES string of the molecule is Cc1ccc(-n2cnnn2)cc1NCCNC(=O)OC(C)(C)C. The molecule has 2 rings (SSSR count). The van der Waals surface area contributed by atoms with Crippen molar-refractivity contribution in [2.75, 3.05) is 18.4 Å². The smallest absolute Gasteiger partial charge is 0.407 e. The predicted molar refractivity (Wildman–Crippen MR) is 86.6 cm³/mol. The number of hydrogen-bond acceptors (Lipinski definition) is 6. The lowest BCUT2D eigenvalue weighted by Gasteiger charge is -2.19. The van der Waals surface area contributed by atoms with Gasteiger partial charge in [-0.2, -0.15) is 0 Å². The summed E-state index contributed by atoms with van der Waals surface area (Å²) in [5.74, 6) is 0. The van der Waals surface area contributed by atoms with Crippen molar-refractivity contribution in [3.8, 4) is 5.69 Å². The Labute approximate surface area is 135 Å². The van der Waals surface area contributed by atoms with Gasteiger partial charge >= 0.3 is 6.09 Å². The first-order valence-electron chi connectivity index (χ1n) is 7.40. The van der Waals surface area contributed by atoms with Crippen molar-refractivity contribution in [2.45, 2.75) is 33.3 Å². The molecule has 124 valence electrons. The molecular weight excluding hydrogens is 296 g/mol. The molecule has 0 aliphatic rings. The van der Waals surface area contributed by atoms with E-state index in [-0.39, 0.29) is 0 Å². The van der Waals surface area contributed by atoms with E-state index in [9.17, 15) is 4.79 Å². The lowest BCUT2D eigenvalue weighted by Crippen LogP contribution is -2.35. The molecule has 2 aromatic rings. The van der Waals surface area contributed by atoms with Crippen LogP contribution in [0.3, 0.4) is 0 Å². The van der Waals surface area contributed by atoms with Crippen LogP contribution in [0.25, 0.3) is 5.69 Å². The number of rotatable bonds is 5. The summed E-state index contributed by atoms with van der Waals surface area (Å²) in [6.45, 7) is 8.55. The number of carbonyl (C=O) groups is 1. The van der Waals surface area contributed by atoms with Gasteiger partial charge < -0.3 is 15.4 Å². The number of tetrazole rings is 1. The van der Waals surface area contributed by atoms with Crippen LogP contribution in [0.1, 0.15) is 26.3 Å². The molecule has 1 aromatic heterocycles. The van der Waals surface area contributed by atoms with E-state index in [0.29, 0.717) is 13.1 Å². The van der Waals surface area contributed by atoms with Gasteiger partial charge in [-0.05, 0) is 55.8 Å². The quantitative estimate of drug-likeness (QED) is 0.818. The Morgan fingerprint density at radius 3 is 2.74 bits per heavy atom. The highest BCUT2D eigenvalue weighted by molar-refractivity contribution is 5.67. The standard InChI is InChI=1S/C15H22N6O2/c1-11-5-6-12(21-10-18-19-20-21)9-13(11)16-7-8-17-14(22)23-15(2,3)4/h5-6,9-10,16H,7-8H2,1-4H3,(H,17,22). The van der Waals surface area contributed by atoms with Gasteiger partial charge in [0.05, 0.1) is 5.69 Å². The number of anilines is 1. The fourth-order valence-corrected chi connectivity index (χ4v) is 1.90. The lowest BCUT2D eigenvalue weighted by molar-refractivity contribution is 0.0530. The molecule has 23 heavy (non-hydrogen) atoms. The molecule has 1 amide bonds. The first kappa shape index (κ1) is 16.7. The van der Waals surface area contributed by atoms with Gasteiger partial charge in [0.25, 0.3) is 0 Å². The Kier molecular flexibility index (Phi) is 5.15. The third-order valence-corrected chi connectivity index (χ3v) is 2.94. The van der Waals surface area contributed by atoms with Crippen LogP contribution in [-0.2, 0) is 4.74 Å². The Hall–Kier alpha value is -2.64. The maximum absolute atomic E-state index is 11.6. The fraction of sp³-hybridized carbons (Fsp3) is 0.467. The first-order chi connectivity index (χ1) is 10.8. The zero-order chi connectivity index (χ0) is 16.9. The lowest BCUT2D eigenvalue weighted by atomic mass is 10.2. The number of aromatic nitrogens is 4. The zero-order valence-corrected chi connectivity index (χ0v) is 13.8. The maximum atomic E-state index is 11.6. The molecule has 2 N–H and O–H groups in total. The topological polar surface area (TPSA) is 94.0 Å². The normalized spacial score (nSPS) is 11.1. The van der Waals surface area contributed by atoms with Crippen molar-refractivity contribution < 1.29 is 9.53 Å². The summed E-state index contributed by atoms with van der Waals surface area (Å²) in [6.07, 6.45) is 1.12. The number of aryl methyl sites for hydroxylation is 1. The molecule has 0 saturated heterocycles. The number of nitrogens with zero attached hydrogens (tertiary/aromatic N) is 4. The number of amides is 1. The van der Waals surface area contributed by atoms with E-state index in [0.717, 1.165) is 16.9 Å². The van der Waals surface area contributed by atoms with Crippen LogP contribution in [-0.4, -0.2) is 45.0 Å². The predicted octanol–water partition coefficient (Wildman–Crippen LogP) is 1.91. The minimum atomic E-state index is -0.492. The second-order valence-electron chi connectivity index (χ2n) is 6.11. The Morgan fingerprint density at radius 1 is 1.30 bits per heavy atom. The summed E-state index contributed by atoms with van der Waals surface area (Å²) in [4.78, 5) is 11.6. The highest BCUT2D eigenvalue weighted by Gasteiger charge is 2.15. The van der Waals surface area contributed by atoms with Gasteiger partial charge in [0.1, 0.15) is 11.9 Å². The van der Waals surface area contributed by atoms with E-state index in [1.807, 2.05) is 45.9 Å². The number of ether oxygens (including phenoxy) is 1. The summed E-state index contributed by atoms with van der Waals surface area (Å²) < 4.78 is 6.77. The molecule has 0 unspecified atom stereocenters. The summed E-state index contributed by atoms with van der Waals surface area (Å²) in [7, 11) is 0. The molecule has 0 spiro atoms. The van der Waals surface area contributed by atoms with E-state index in [2.05, 4.69) is 26.2 Å². The Morgan fingerprint density at radius 2 is 2.09 bits per heavy atom. The monoisotopic (exact) mass is 318 g/mol. The van der Waals surface area contributed by atoms with E-state index < -0.39 is 11.7 Å². The van der Waals surface area contributed by atoms with E-state index in [1.54, 1.807) is 11.0 Å². The van der Waals surface area contributed by atoms with Crippen molar-refractivity contribution in [1.29, 1.82) is 0 Å². The molecule has 0 saturated carbocycles. The molecule has 0 aliphatic carbocycles. The highest BCUT2D eigenvalue weighted by atomic mass is 16.6. The van der Waals surface area contributed by atoms with Crippen molar-refractivity contribution in [3.63, 3.8) is 0 Å². The Bertz CT molecular complexity index is 648. The van der Waals surface area contributed by atoms with Gasteiger partial charge in [0, 0.05) is 18.8 Å². The van der Waals surface area contributed by atoms with Crippen molar-refractivity contribution >= 4 is 11.8 Å². The zero-order valence-electron chi connectivity index (χ0n) is 13.8. The Balaban J connectivity index is 1.86. The van der Waals surface area contributed by atoms with Gasteiger partial charge in [-0.15, -0.1) is 5.10 Å². The molecule has 0 fully saturated rings. The van der Waals surface area contributed by atoms with Crippen molar-refractivity contribution in [2.24, 2.45) is 0 Å². The van der Waals surface area contributed by atoms with E-state index in [1.165, 1.54) is 0 Å². The van der Waals surface area contributed by atoms with Gasteiger partial charge in [0.2, 0.25) is 0 Å². The van der Waals surface area contributed by atoms with Crippen LogP contribution in [0.15, 0.2) is 24.5 Å². The van der Waals surface area contributed by atoms with Crippen LogP contribution in [0.2, 0.25) is 0 Å². The molecule has 0 atom stereocenters. The average Bonchev–Trinajstić information content (AvgIpc) is 2.97. The number of nitrogens with one attached hydrogen (secondary N) is 2. The molecule has 0 radical (unpaired) electrons. The van der Waals surface area contributed by atoms with Crippen LogP contribution in [0, 0.1) is 6.92 Å². The molecule has 0 bridgehead atoms. The molecular formula is C15H22N6O2. The summed E-state index contributed by atoms with van der Waals surface area (Å²) in [5.41, 5.74) is 2.43. The molecule has 8 nitrogen and oxygen atoms in total. The van der Waals surface area contributed by atoms with Crippen molar-refractivity contribution in [3.05, 3.63) is 30.1 Å².